The van der Waals surface area contributed by atoms with Crippen molar-refractivity contribution in [1.82, 2.24) is 19.4 Å². The summed E-state index contributed by atoms with van der Waals surface area (Å²) < 4.78 is 48.5. The topological polar surface area (TPSA) is 77.1 Å². The average Bonchev–Trinajstić information content (AvgIpc) is 2.86. The molecule has 3 atom stereocenters. The van der Waals surface area contributed by atoms with E-state index in [1.165, 1.54) is 16.7 Å². The summed E-state index contributed by atoms with van der Waals surface area (Å²) in [7, 11) is 3.21. The minimum absolute atomic E-state index is 0.0930. The molecule has 1 aliphatic rings. The van der Waals surface area contributed by atoms with Crippen LogP contribution in [0.15, 0.2) is 41.2 Å². The van der Waals surface area contributed by atoms with Crippen molar-refractivity contribution < 1.29 is 22.6 Å². The zero-order valence-corrected chi connectivity index (χ0v) is 20.9. The van der Waals surface area contributed by atoms with Crippen LogP contribution >= 0.6 is 0 Å². The number of hydrogen-bond acceptors (Lipinski definition) is 7. The van der Waals surface area contributed by atoms with Gasteiger partial charge in [-0.05, 0) is 43.7 Å². The normalized spacial score (nSPS) is 19.6. The molecular formula is C25H27F3N6O3. The molecule has 37 heavy (non-hydrogen) atoms. The predicted molar refractivity (Wildman–Crippen MR) is 132 cm³/mol. The first-order valence-corrected chi connectivity index (χ1v) is 11.6. The molecule has 0 radical (unpaired) electrons. The number of alkyl halides is 3. The number of aromatic nitrogens is 3. The van der Waals surface area contributed by atoms with E-state index in [9.17, 15) is 18.0 Å². The van der Waals surface area contributed by atoms with Gasteiger partial charge in [0.2, 0.25) is 5.52 Å². The van der Waals surface area contributed by atoms with E-state index in [1.54, 1.807) is 38.4 Å². The number of ether oxygens (including phenoxy) is 2. The van der Waals surface area contributed by atoms with Crippen LogP contribution in [-0.2, 0) is 11.8 Å². The van der Waals surface area contributed by atoms with Gasteiger partial charge in [-0.15, -0.1) is 18.2 Å². The lowest BCUT2D eigenvalue weighted by Crippen LogP contribution is -2.59. The number of rotatable bonds is 6. The van der Waals surface area contributed by atoms with Gasteiger partial charge in [-0.1, -0.05) is 18.7 Å². The first-order valence-electron chi connectivity index (χ1n) is 11.6. The van der Waals surface area contributed by atoms with Gasteiger partial charge in [0.25, 0.3) is 5.82 Å². The number of anilines is 1. The monoisotopic (exact) mass is 516 g/mol. The molecule has 0 amide bonds. The maximum Gasteiger partial charge on any atom is 0.573 e. The molecule has 1 aromatic carbocycles. The Morgan fingerprint density at radius 3 is 2.49 bits per heavy atom. The summed E-state index contributed by atoms with van der Waals surface area (Å²) in [4.78, 5) is 29.1. The minimum atomic E-state index is -4.75. The van der Waals surface area contributed by atoms with Crippen LogP contribution in [-0.4, -0.2) is 64.7 Å². The Bertz CT molecular complexity index is 1370. The molecule has 0 spiro atoms. The van der Waals surface area contributed by atoms with Gasteiger partial charge in [-0.3, -0.25) is 9.47 Å². The summed E-state index contributed by atoms with van der Waals surface area (Å²) in [5, 5.41) is 0. The summed E-state index contributed by atoms with van der Waals surface area (Å²) in [6.45, 7) is 12.7. The Morgan fingerprint density at radius 1 is 1.16 bits per heavy atom. The van der Waals surface area contributed by atoms with Crippen LogP contribution in [0, 0.1) is 6.57 Å². The largest absolute Gasteiger partial charge is 0.573 e. The Kier molecular flexibility index (Phi) is 7.38. The maximum atomic E-state index is 12.7. The van der Waals surface area contributed by atoms with Crippen LogP contribution in [0.25, 0.3) is 15.9 Å². The lowest BCUT2D eigenvalue weighted by molar-refractivity contribution is -0.274. The van der Waals surface area contributed by atoms with E-state index in [2.05, 4.69) is 24.4 Å². The Hall–Kier alpha value is -3.69. The van der Waals surface area contributed by atoms with Crippen molar-refractivity contribution in [3.05, 3.63) is 63.9 Å². The van der Waals surface area contributed by atoms with Gasteiger partial charge in [0, 0.05) is 39.3 Å². The van der Waals surface area contributed by atoms with Crippen LogP contribution in [0.3, 0.4) is 0 Å². The first kappa shape index (κ1) is 26.4. The Labute approximate surface area is 211 Å². The molecule has 3 heterocycles. The number of methoxy groups -OCH3 is 1. The molecule has 0 N–H and O–H groups in total. The Balaban J connectivity index is 1.65. The highest BCUT2D eigenvalue weighted by Gasteiger charge is 2.37. The number of benzene rings is 1. The number of halogens is 3. The number of hydrogen-bond donors (Lipinski definition) is 0. The van der Waals surface area contributed by atoms with E-state index in [-0.39, 0.29) is 29.7 Å². The van der Waals surface area contributed by atoms with E-state index in [0.29, 0.717) is 36.5 Å². The SMILES string of the molecule is [C-]#[N+]c1ccc2c(n1)c(N1C[C@@H](COC)N(C(C)c3ccc(OC(F)(F)F)cc3)C[C@@H]1C)nc(=O)n2C. The number of pyridine rings is 1. The third-order valence-corrected chi connectivity index (χ3v) is 6.64. The molecular weight excluding hydrogens is 489 g/mol. The fourth-order valence-electron chi connectivity index (χ4n) is 4.78. The fourth-order valence-corrected chi connectivity index (χ4v) is 4.78. The van der Waals surface area contributed by atoms with Crippen molar-refractivity contribution in [2.24, 2.45) is 7.05 Å². The van der Waals surface area contributed by atoms with Crippen LogP contribution in [0.1, 0.15) is 25.5 Å². The van der Waals surface area contributed by atoms with Crippen LogP contribution in [0.5, 0.6) is 5.75 Å². The van der Waals surface area contributed by atoms with Crippen LogP contribution < -0.4 is 15.3 Å². The van der Waals surface area contributed by atoms with Gasteiger partial charge in [-0.25, -0.2) is 4.79 Å². The zero-order chi connectivity index (χ0) is 26.9. The summed E-state index contributed by atoms with van der Waals surface area (Å²) in [5.74, 6) is 0.351. The second kappa shape index (κ2) is 10.4. The molecule has 196 valence electrons. The average molecular weight is 517 g/mol. The van der Waals surface area contributed by atoms with E-state index in [0.717, 1.165) is 5.56 Å². The molecule has 9 nitrogen and oxygen atoms in total. The second-order valence-electron chi connectivity index (χ2n) is 9.03. The highest BCUT2D eigenvalue weighted by Crippen LogP contribution is 2.33. The van der Waals surface area contributed by atoms with Gasteiger partial charge in [0.05, 0.1) is 18.2 Å². The molecule has 1 unspecified atom stereocenters. The summed E-state index contributed by atoms with van der Waals surface area (Å²) in [6, 6.07) is 8.78. The smallest absolute Gasteiger partial charge is 0.406 e. The van der Waals surface area contributed by atoms with Gasteiger partial charge >= 0.3 is 12.1 Å². The third kappa shape index (κ3) is 5.52. The van der Waals surface area contributed by atoms with Gasteiger partial charge in [0.1, 0.15) is 5.75 Å². The molecule has 0 saturated carbocycles. The van der Waals surface area contributed by atoms with Crippen molar-refractivity contribution in [3.8, 4) is 5.75 Å². The first-order chi connectivity index (χ1) is 17.5. The highest BCUT2D eigenvalue weighted by molar-refractivity contribution is 5.87. The standard InChI is InChI=1S/C25H27F3N6O3/c1-15-12-34(16(2)17-6-8-19(9-7-17)37-25(26,27)28)18(14-36-5)13-33(15)23-22-20(32(4)24(35)31-23)10-11-21(29-3)30-22/h6-11,15-16,18H,12-14H2,1-2,4-5H3/t15-,16?,18-/m0/s1. The van der Waals surface area contributed by atoms with Crippen molar-refractivity contribution in [2.45, 2.75) is 38.3 Å². The summed E-state index contributed by atoms with van der Waals surface area (Å²) >= 11 is 0. The van der Waals surface area contributed by atoms with E-state index in [1.807, 2.05) is 18.7 Å². The van der Waals surface area contributed by atoms with Crippen LogP contribution in [0.2, 0.25) is 0 Å². The highest BCUT2D eigenvalue weighted by atomic mass is 19.4. The van der Waals surface area contributed by atoms with Gasteiger partial charge < -0.3 is 19.2 Å². The van der Waals surface area contributed by atoms with Crippen molar-refractivity contribution in [1.29, 1.82) is 0 Å². The minimum Gasteiger partial charge on any atom is -0.406 e. The molecule has 1 fully saturated rings. The quantitative estimate of drug-likeness (QED) is 0.458. The van der Waals surface area contributed by atoms with Crippen molar-refractivity contribution in [3.63, 3.8) is 0 Å². The summed E-state index contributed by atoms with van der Waals surface area (Å²) in [6.07, 6.45) is -4.75. The van der Waals surface area contributed by atoms with Gasteiger partial charge in [0.15, 0.2) is 5.82 Å². The number of nitrogens with zero attached hydrogens (tertiary/aromatic N) is 6. The molecule has 1 saturated heterocycles. The number of aryl methyl sites for hydroxylation is 1. The summed E-state index contributed by atoms with van der Waals surface area (Å²) in [5.41, 5.74) is 1.46. The molecule has 0 bridgehead atoms. The molecule has 2 aromatic heterocycles. The Morgan fingerprint density at radius 2 is 1.86 bits per heavy atom. The van der Waals surface area contributed by atoms with E-state index in [4.69, 9.17) is 11.3 Å². The lowest BCUT2D eigenvalue weighted by atomic mass is 10.00. The fraction of sp³-hybridized carbons (Fsp3) is 0.440. The number of piperazine rings is 1. The van der Waals surface area contributed by atoms with Crippen molar-refractivity contribution in [2.75, 3.05) is 31.7 Å². The predicted octanol–water partition coefficient (Wildman–Crippen LogP) is 4.06. The van der Waals surface area contributed by atoms with E-state index >= 15 is 0 Å². The molecule has 3 aromatic rings. The molecule has 0 aliphatic carbocycles. The maximum absolute atomic E-state index is 12.7. The van der Waals surface area contributed by atoms with Gasteiger partial charge in [-0.2, -0.15) is 4.98 Å². The second-order valence-corrected chi connectivity index (χ2v) is 9.03. The lowest BCUT2D eigenvalue weighted by Gasteiger charge is -2.48. The van der Waals surface area contributed by atoms with Crippen LogP contribution in [0.4, 0.5) is 24.8 Å². The van der Waals surface area contributed by atoms with E-state index < -0.39 is 12.1 Å². The molecule has 1 aliphatic heterocycles. The molecule has 4 rings (SSSR count). The van der Waals surface area contributed by atoms with Crippen molar-refractivity contribution >= 4 is 22.7 Å². The molecule has 12 heteroatoms. The number of fused-ring (bicyclic) bond motifs is 1. The zero-order valence-electron chi connectivity index (χ0n) is 20.9. The third-order valence-electron chi connectivity index (χ3n) is 6.64.